The van der Waals surface area contributed by atoms with E-state index in [4.69, 9.17) is 27.9 Å². The number of carbonyl (C=O) groups excluding carboxylic acids is 3. The average Bonchev–Trinajstić information content (AvgIpc) is 3.59. The molecular weight excluding hydrogens is 523 g/mol. The van der Waals surface area contributed by atoms with Crippen LogP contribution in [0.15, 0.2) is 54.3 Å². The van der Waals surface area contributed by atoms with Gasteiger partial charge >= 0.3 is 0 Å². The van der Waals surface area contributed by atoms with Crippen LogP contribution >= 0.6 is 35.0 Å². The van der Waals surface area contributed by atoms with E-state index in [1.807, 2.05) is 0 Å². The minimum absolute atomic E-state index is 0.0227. The molecule has 0 spiro atoms. The normalized spacial score (nSPS) is 27.4. The van der Waals surface area contributed by atoms with Crippen molar-refractivity contribution in [2.75, 3.05) is 6.61 Å². The predicted octanol–water partition coefficient (Wildman–Crippen LogP) is 3.08. The number of thioether (sulfide) groups is 1. The van der Waals surface area contributed by atoms with Crippen LogP contribution in [0.4, 0.5) is 0 Å². The molecule has 188 valence electrons. The van der Waals surface area contributed by atoms with Crippen molar-refractivity contribution in [3.63, 3.8) is 0 Å². The minimum atomic E-state index is -1.19. The van der Waals surface area contributed by atoms with Crippen molar-refractivity contribution in [1.82, 2.24) is 20.9 Å². The Morgan fingerprint density at radius 2 is 2.14 bits per heavy atom. The van der Waals surface area contributed by atoms with Crippen molar-refractivity contribution in [2.45, 2.75) is 48.2 Å². The van der Waals surface area contributed by atoms with Crippen LogP contribution in [0.25, 0.3) is 0 Å². The maximum absolute atomic E-state index is 13.7. The van der Waals surface area contributed by atoms with Crippen molar-refractivity contribution in [1.29, 1.82) is 0 Å². The van der Waals surface area contributed by atoms with Crippen molar-refractivity contribution in [2.24, 2.45) is 0 Å². The number of nitrogens with one attached hydrogen (secondary N) is 3. The SMILES string of the molecule is O=C(NC12CCCC1OCC2=O)C(Cc1ccc(Cl)c(Cl)c1)NC(=O)C1(c2cccnc2)NC=CS1. The van der Waals surface area contributed by atoms with Crippen molar-refractivity contribution >= 4 is 52.6 Å². The van der Waals surface area contributed by atoms with E-state index in [-0.39, 0.29) is 24.9 Å². The predicted molar refractivity (Wildman–Crippen MR) is 137 cm³/mol. The molecule has 1 aliphatic carbocycles. The highest BCUT2D eigenvalue weighted by atomic mass is 35.5. The van der Waals surface area contributed by atoms with Crippen molar-refractivity contribution in [3.05, 3.63) is 75.5 Å². The van der Waals surface area contributed by atoms with E-state index in [2.05, 4.69) is 20.9 Å². The number of rotatable bonds is 7. The number of hydrogen-bond acceptors (Lipinski definition) is 7. The smallest absolute Gasteiger partial charge is 0.262 e. The maximum atomic E-state index is 13.7. The molecule has 1 aromatic heterocycles. The third-order valence-corrected chi connectivity index (χ3v) is 8.78. The molecule has 2 aromatic rings. The van der Waals surface area contributed by atoms with Gasteiger partial charge in [-0.05, 0) is 48.4 Å². The van der Waals surface area contributed by atoms with Gasteiger partial charge in [0.05, 0.1) is 16.1 Å². The number of amides is 2. The van der Waals surface area contributed by atoms with Gasteiger partial charge < -0.3 is 20.7 Å². The van der Waals surface area contributed by atoms with Gasteiger partial charge in [-0.3, -0.25) is 19.4 Å². The number of benzene rings is 1. The van der Waals surface area contributed by atoms with E-state index in [1.54, 1.807) is 54.3 Å². The Balaban J connectivity index is 1.43. The molecule has 0 bridgehead atoms. The lowest BCUT2D eigenvalue weighted by Gasteiger charge is -2.33. The van der Waals surface area contributed by atoms with Gasteiger partial charge in [-0.25, -0.2) is 0 Å². The second kappa shape index (κ2) is 10.0. The molecule has 4 unspecified atom stereocenters. The summed E-state index contributed by atoms with van der Waals surface area (Å²) in [6, 6.07) is 7.61. The highest BCUT2D eigenvalue weighted by molar-refractivity contribution is 8.03. The second-order valence-electron chi connectivity index (χ2n) is 9.04. The zero-order valence-corrected chi connectivity index (χ0v) is 21.5. The van der Waals surface area contributed by atoms with Gasteiger partial charge in [0.15, 0.2) is 10.7 Å². The van der Waals surface area contributed by atoms with Crippen LogP contribution in [-0.2, 0) is 30.4 Å². The van der Waals surface area contributed by atoms with Gasteiger partial charge in [-0.2, -0.15) is 0 Å². The molecule has 11 heteroatoms. The summed E-state index contributed by atoms with van der Waals surface area (Å²) in [4.78, 5) is 43.1. The number of pyridine rings is 1. The zero-order chi connectivity index (χ0) is 25.3. The van der Waals surface area contributed by atoms with E-state index in [0.29, 0.717) is 34.0 Å². The summed E-state index contributed by atoms with van der Waals surface area (Å²) in [6.07, 6.45) is 6.69. The first-order chi connectivity index (χ1) is 17.3. The summed E-state index contributed by atoms with van der Waals surface area (Å²) in [5.74, 6) is -1.01. The number of halogens is 2. The lowest BCUT2D eigenvalue weighted by molar-refractivity contribution is -0.134. The molecule has 1 aromatic carbocycles. The monoisotopic (exact) mass is 546 g/mol. The largest absolute Gasteiger partial charge is 0.367 e. The average molecular weight is 547 g/mol. The molecule has 5 rings (SSSR count). The number of carbonyl (C=O) groups is 3. The van der Waals surface area contributed by atoms with Crippen molar-refractivity contribution < 1.29 is 19.1 Å². The van der Waals surface area contributed by atoms with Gasteiger partial charge in [0.25, 0.3) is 5.91 Å². The molecule has 3 heterocycles. The Bertz CT molecular complexity index is 1220. The van der Waals surface area contributed by atoms with Crippen LogP contribution in [0.5, 0.6) is 0 Å². The number of ketones is 1. The summed E-state index contributed by atoms with van der Waals surface area (Å²) in [5, 5.41) is 11.5. The van der Waals surface area contributed by atoms with E-state index in [9.17, 15) is 14.4 Å². The molecule has 0 radical (unpaired) electrons. The highest BCUT2D eigenvalue weighted by Gasteiger charge is 2.55. The topological polar surface area (TPSA) is 109 Å². The first-order valence-corrected chi connectivity index (χ1v) is 13.2. The van der Waals surface area contributed by atoms with Gasteiger partial charge in [-0.15, -0.1) is 0 Å². The molecule has 4 atom stereocenters. The summed E-state index contributed by atoms with van der Waals surface area (Å²) < 4.78 is 5.64. The summed E-state index contributed by atoms with van der Waals surface area (Å²) in [6.45, 7) is -0.0227. The highest BCUT2D eigenvalue weighted by Crippen LogP contribution is 2.39. The molecule has 8 nitrogen and oxygen atoms in total. The zero-order valence-electron chi connectivity index (χ0n) is 19.1. The summed E-state index contributed by atoms with van der Waals surface area (Å²) >= 11 is 13.6. The van der Waals surface area contributed by atoms with Crippen LogP contribution in [0.2, 0.25) is 10.0 Å². The van der Waals surface area contributed by atoms with Gasteiger partial charge in [0.1, 0.15) is 18.2 Å². The Hall–Kier alpha value is -2.59. The van der Waals surface area contributed by atoms with Crippen LogP contribution in [0, 0.1) is 0 Å². The number of fused-ring (bicyclic) bond motifs is 1. The number of nitrogens with zero attached hydrogens (tertiary/aromatic N) is 1. The molecule has 2 aliphatic heterocycles. The van der Waals surface area contributed by atoms with E-state index in [0.717, 1.165) is 6.42 Å². The van der Waals surface area contributed by atoms with Crippen LogP contribution in [-0.4, -0.2) is 46.9 Å². The minimum Gasteiger partial charge on any atom is -0.367 e. The summed E-state index contributed by atoms with van der Waals surface area (Å²) in [5.41, 5.74) is 0.292. The fraction of sp³-hybridized carbons (Fsp3) is 0.360. The van der Waals surface area contributed by atoms with Gasteiger partial charge in [0.2, 0.25) is 5.91 Å². The third kappa shape index (κ3) is 4.49. The van der Waals surface area contributed by atoms with Crippen molar-refractivity contribution in [3.8, 4) is 0 Å². The molecule has 3 N–H and O–H groups in total. The van der Waals surface area contributed by atoms with Gasteiger partial charge in [-0.1, -0.05) is 47.1 Å². The number of hydrogen-bond donors (Lipinski definition) is 3. The summed E-state index contributed by atoms with van der Waals surface area (Å²) in [7, 11) is 0. The van der Waals surface area contributed by atoms with Gasteiger partial charge in [0, 0.05) is 30.6 Å². The second-order valence-corrected chi connectivity index (χ2v) is 11.0. The Labute approximate surface area is 222 Å². The molecular formula is C25H24Cl2N4O4S. The Morgan fingerprint density at radius 1 is 1.28 bits per heavy atom. The Morgan fingerprint density at radius 3 is 2.86 bits per heavy atom. The maximum Gasteiger partial charge on any atom is 0.262 e. The van der Waals surface area contributed by atoms with E-state index in [1.165, 1.54) is 11.8 Å². The number of aromatic nitrogens is 1. The first kappa shape index (κ1) is 25.1. The lowest BCUT2D eigenvalue weighted by atomic mass is 9.91. The fourth-order valence-corrected chi connectivity index (χ4v) is 6.23. The Kier molecular flexibility index (Phi) is 7.00. The molecule has 2 fully saturated rings. The number of Topliss-reactive ketones (excluding diaryl/α,β-unsaturated/α-hetero) is 1. The molecule has 3 aliphatic rings. The first-order valence-electron chi connectivity index (χ1n) is 11.6. The fourth-order valence-electron chi connectivity index (χ4n) is 5.01. The van der Waals surface area contributed by atoms with E-state index >= 15 is 0 Å². The standard InChI is InChI=1S/C25H24Cl2N4O4S/c26-17-6-5-15(11-18(17)27)12-19(22(33)31-24-7-1-4-21(24)35-14-20(24)32)30-23(34)25(29-9-10-36-25)16-3-2-8-28-13-16/h2-3,5-6,8-11,13,19,21,29H,1,4,7,12,14H2,(H,30,34)(H,31,33). The quantitative estimate of drug-likeness (QED) is 0.489. The molecule has 2 amide bonds. The molecule has 1 saturated carbocycles. The molecule has 36 heavy (non-hydrogen) atoms. The van der Waals surface area contributed by atoms with Crippen LogP contribution in [0.1, 0.15) is 30.4 Å². The number of ether oxygens (including phenoxy) is 1. The molecule has 1 saturated heterocycles. The lowest BCUT2D eigenvalue weighted by Crippen LogP contribution is -2.62. The van der Waals surface area contributed by atoms with Crippen LogP contribution in [0.3, 0.4) is 0 Å². The van der Waals surface area contributed by atoms with Crippen LogP contribution < -0.4 is 16.0 Å². The third-order valence-electron chi connectivity index (χ3n) is 6.88. The van der Waals surface area contributed by atoms with E-state index < -0.39 is 28.3 Å².